The Bertz CT molecular complexity index is 829. The van der Waals surface area contributed by atoms with E-state index in [0.29, 0.717) is 12.5 Å². The first-order chi connectivity index (χ1) is 15.6. The third-order valence-corrected chi connectivity index (χ3v) is 6.98. The standard InChI is InChI=1S/C25H37N5O2/c1-2-26-25(29-22-13-14-30(17-22)24(32)20-8-3-4-9-20)27-16-18-7-5-12-21(15-18)28-23(31)19-10-6-11-19/h5,7,12,15,19-20,22H,2-4,6,8-11,13-14,16-17H2,1H3,(H,28,31)(H2,26,27,29). The molecule has 0 spiro atoms. The number of aliphatic imine (C=N–C) groups is 1. The fraction of sp³-hybridized carbons (Fsp3) is 0.640. The number of carbonyl (C=O) groups is 2. The monoisotopic (exact) mass is 439 g/mol. The van der Waals surface area contributed by atoms with Gasteiger partial charge in [-0.25, -0.2) is 4.99 Å². The van der Waals surface area contributed by atoms with Crippen LogP contribution in [0.25, 0.3) is 0 Å². The number of nitrogens with zero attached hydrogens (tertiary/aromatic N) is 2. The second kappa shape index (κ2) is 10.8. The van der Waals surface area contributed by atoms with Gasteiger partial charge in [0.1, 0.15) is 0 Å². The summed E-state index contributed by atoms with van der Waals surface area (Å²) in [7, 11) is 0. The SMILES string of the molecule is CCNC(=NCc1cccc(NC(=O)C2CCC2)c1)NC1CCN(C(=O)C2CCCC2)C1. The van der Waals surface area contributed by atoms with Crippen LogP contribution in [-0.4, -0.2) is 48.3 Å². The van der Waals surface area contributed by atoms with E-state index < -0.39 is 0 Å². The lowest BCUT2D eigenvalue weighted by atomic mass is 9.85. The third kappa shape index (κ3) is 5.81. The molecule has 7 nitrogen and oxygen atoms in total. The summed E-state index contributed by atoms with van der Waals surface area (Å²) < 4.78 is 0. The summed E-state index contributed by atoms with van der Waals surface area (Å²) in [6, 6.07) is 8.16. The van der Waals surface area contributed by atoms with Gasteiger partial charge in [-0.1, -0.05) is 31.4 Å². The van der Waals surface area contributed by atoms with E-state index in [9.17, 15) is 9.59 Å². The molecule has 0 aromatic heterocycles. The molecule has 3 fully saturated rings. The van der Waals surface area contributed by atoms with Crippen LogP contribution in [0.3, 0.4) is 0 Å². The zero-order chi connectivity index (χ0) is 22.3. The van der Waals surface area contributed by atoms with Gasteiger partial charge >= 0.3 is 0 Å². The van der Waals surface area contributed by atoms with Crippen molar-refractivity contribution in [2.75, 3.05) is 25.0 Å². The molecule has 0 radical (unpaired) electrons. The summed E-state index contributed by atoms with van der Waals surface area (Å²) in [5.74, 6) is 1.66. The van der Waals surface area contributed by atoms with Crippen LogP contribution in [0.5, 0.6) is 0 Å². The Morgan fingerprint density at radius 2 is 1.84 bits per heavy atom. The Morgan fingerprint density at radius 1 is 1.06 bits per heavy atom. The Kier molecular flexibility index (Phi) is 7.66. The van der Waals surface area contributed by atoms with Gasteiger partial charge in [-0.05, 0) is 56.7 Å². The number of rotatable bonds is 7. The van der Waals surface area contributed by atoms with Crippen LogP contribution in [0, 0.1) is 11.8 Å². The summed E-state index contributed by atoms with van der Waals surface area (Å²) in [5, 5.41) is 9.87. The first-order valence-electron chi connectivity index (χ1n) is 12.4. The highest BCUT2D eigenvalue weighted by Crippen LogP contribution is 2.28. The van der Waals surface area contributed by atoms with E-state index in [1.54, 1.807) is 0 Å². The van der Waals surface area contributed by atoms with Crippen LogP contribution in [0.2, 0.25) is 0 Å². The van der Waals surface area contributed by atoms with Gasteiger partial charge in [0, 0.05) is 43.2 Å². The minimum absolute atomic E-state index is 0.129. The lowest BCUT2D eigenvalue weighted by Gasteiger charge is -2.24. The average molecular weight is 440 g/mol. The minimum atomic E-state index is 0.129. The number of anilines is 1. The molecule has 1 saturated heterocycles. The predicted octanol–water partition coefficient (Wildman–Crippen LogP) is 3.27. The van der Waals surface area contributed by atoms with Gasteiger partial charge in [0.25, 0.3) is 0 Å². The van der Waals surface area contributed by atoms with Gasteiger partial charge in [-0.2, -0.15) is 0 Å². The number of hydrogen-bond acceptors (Lipinski definition) is 3. The summed E-state index contributed by atoms with van der Waals surface area (Å²) in [4.78, 5) is 31.7. The van der Waals surface area contributed by atoms with E-state index in [-0.39, 0.29) is 23.8 Å². The third-order valence-electron chi connectivity index (χ3n) is 6.98. The largest absolute Gasteiger partial charge is 0.357 e. The number of nitrogens with one attached hydrogen (secondary N) is 3. The molecule has 1 aliphatic heterocycles. The number of benzene rings is 1. The molecule has 2 saturated carbocycles. The predicted molar refractivity (Wildman–Crippen MR) is 127 cm³/mol. The molecule has 4 rings (SSSR count). The number of amides is 2. The van der Waals surface area contributed by atoms with Crippen LogP contribution < -0.4 is 16.0 Å². The molecule has 2 aliphatic carbocycles. The smallest absolute Gasteiger partial charge is 0.227 e. The zero-order valence-electron chi connectivity index (χ0n) is 19.2. The molecule has 0 bridgehead atoms. The molecule has 2 amide bonds. The summed E-state index contributed by atoms with van der Waals surface area (Å²) in [6.07, 6.45) is 8.58. The fourth-order valence-electron chi connectivity index (χ4n) is 4.86. The topological polar surface area (TPSA) is 85.8 Å². The lowest BCUT2D eigenvalue weighted by Crippen LogP contribution is -2.45. The highest BCUT2D eigenvalue weighted by atomic mass is 16.2. The van der Waals surface area contributed by atoms with Crippen molar-refractivity contribution in [3.63, 3.8) is 0 Å². The molecular weight excluding hydrogens is 402 g/mol. The van der Waals surface area contributed by atoms with Crippen molar-refractivity contribution in [2.24, 2.45) is 16.8 Å². The minimum Gasteiger partial charge on any atom is -0.357 e. The van der Waals surface area contributed by atoms with Crippen molar-refractivity contribution in [1.29, 1.82) is 0 Å². The molecule has 1 atom stereocenters. The Labute approximate surface area is 191 Å². The molecular formula is C25H37N5O2. The maximum Gasteiger partial charge on any atom is 0.227 e. The number of guanidine groups is 1. The van der Waals surface area contributed by atoms with Crippen molar-refractivity contribution in [2.45, 2.75) is 70.9 Å². The molecule has 1 aromatic carbocycles. The van der Waals surface area contributed by atoms with E-state index in [4.69, 9.17) is 4.99 Å². The van der Waals surface area contributed by atoms with Crippen LogP contribution in [0.4, 0.5) is 5.69 Å². The number of carbonyl (C=O) groups excluding carboxylic acids is 2. The maximum absolute atomic E-state index is 12.7. The lowest BCUT2D eigenvalue weighted by molar-refractivity contribution is -0.134. The van der Waals surface area contributed by atoms with Crippen LogP contribution in [-0.2, 0) is 16.1 Å². The van der Waals surface area contributed by atoms with Crippen molar-refractivity contribution in [3.05, 3.63) is 29.8 Å². The summed E-state index contributed by atoms with van der Waals surface area (Å²) in [6.45, 7) is 4.94. The van der Waals surface area contributed by atoms with E-state index in [1.165, 1.54) is 12.8 Å². The van der Waals surface area contributed by atoms with Gasteiger partial charge < -0.3 is 20.9 Å². The molecule has 3 N–H and O–H groups in total. The Hall–Kier alpha value is -2.57. The van der Waals surface area contributed by atoms with Gasteiger partial charge in [-0.15, -0.1) is 0 Å². The van der Waals surface area contributed by atoms with Crippen LogP contribution >= 0.6 is 0 Å². The second-order valence-electron chi connectivity index (χ2n) is 9.41. The summed E-state index contributed by atoms with van der Waals surface area (Å²) >= 11 is 0. The van der Waals surface area contributed by atoms with Crippen molar-refractivity contribution in [3.8, 4) is 0 Å². The molecule has 174 valence electrons. The van der Waals surface area contributed by atoms with Crippen LogP contribution in [0.15, 0.2) is 29.3 Å². The second-order valence-corrected chi connectivity index (χ2v) is 9.41. The van der Waals surface area contributed by atoms with E-state index in [0.717, 1.165) is 75.4 Å². The van der Waals surface area contributed by atoms with Gasteiger partial charge in [0.2, 0.25) is 11.8 Å². The average Bonchev–Trinajstić information content (AvgIpc) is 3.43. The van der Waals surface area contributed by atoms with Crippen molar-refractivity contribution < 1.29 is 9.59 Å². The first kappa shape index (κ1) is 22.6. The number of likely N-dealkylation sites (tertiary alicyclic amines) is 1. The maximum atomic E-state index is 12.7. The number of hydrogen-bond donors (Lipinski definition) is 3. The van der Waals surface area contributed by atoms with Gasteiger partial charge in [0.15, 0.2) is 5.96 Å². The van der Waals surface area contributed by atoms with Crippen molar-refractivity contribution in [1.82, 2.24) is 15.5 Å². The normalized spacial score (nSPS) is 22.0. The van der Waals surface area contributed by atoms with Gasteiger partial charge in [-0.3, -0.25) is 9.59 Å². The molecule has 1 aromatic rings. The van der Waals surface area contributed by atoms with Crippen molar-refractivity contribution >= 4 is 23.5 Å². The Balaban J connectivity index is 1.30. The fourth-order valence-corrected chi connectivity index (χ4v) is 4.86. The van der Waals surface area contributed by atoms with E-state index in [2.05, 4.69) is 22.9 Å². The molecule has 3 aliphatic rings. The molecule has 1 unspecified atom stereocenters. The summed E-state index contributed by atoms with van der Waals surface area (Å²) in [5.41, 5.74) is 1.89. The highest BCUT2D eigenvalue weighted by molar-refractivity contribution is 5.93. The molecule has 32 heavy (non-hydrogen) atoms. The highest BCUT2D eigenvalue weighted by Gasteiger charge is 2.32. The first-order valence-corrected chi connectivity index (χ1v) is 12.4. The van der Waals surface area contributed by atoms with E-state index >= 15 is 0 Å². The van der Waals surface area contributed by atoms with E-state index in [1.807, 2.05) is 29.2 Å². The molecule has 7 heteroatoms. The Morgan fingerprint density at radius 3 is 2.56 bits per heavy atom. The molecule has 1 heterocycles. The van der Waals surface area contributed by atoms with Gasteiger partial charge in [0.05, 0.1) is 6.54 Å². The zero-order valence-corrected chi connectivity index (χ0v) is 19.2. The quantitative estimate of drug-likeness (QED) is 0.450. The van der Waals surface area contributed by atoms with Crippen LogP contribution in [0.1, 0.15) is 63.9 Å².